The molecule has 5 rings (SSSR count). The number of para-hydroxylation sites is 2. The molecule has 2 aliphatic heterocycles. The SMILES string of the molecule is Cc1cc2nc(N(CCN3CCOCC3)C(=O)C3Oc4ccccc4OC3C)sc2cc1C. The van der Waals surface area contributed by atoms with E-state index in [1.165, 1.54) is 11.1 Å². The number of ether oxygens (including phenoxy) is 3. The van der Waals surface area contributed by atoms with Crippen LogP contribution in [0, 0.1) is 13.8 Å². The molecule has 0 spiro atoms. The van der Waals surface area contributed by atoms with Crippen LogP contribution in [-0.2, 0) is 9.53 Å². The monoisotopic (exact) mass is 467 g/mol. The lowest BCUT2D eigenvalue weighted by molar-refractivity contribution is -0.130. The molecule has 0 saturated carbocycles. The van der Waals surface area contributed by atoms with Gasteiger partial charge in [0, 0.05) is 26.2 Å². The zero-order valence-electron chi connectivity index (χ0n) is 19.2. The minimum absolute atomic E-state index is 0.127. The van der Waals surface area contributed by atoms with E-state index >= 15 is 0 Å². The van der Waals surface area contributed by atoms with Crippen LogP contribution >= 0.6 is 11.3 Å². The second kappa shape index (κ2) is 9.29. The van der Waals surface area contributed by atoms with Crippen LogP contribution in [0.5, 0.6) is 11.5 Å². The van der Waals surface area contributed by atoms with Crippen LogP contribution in [0.25, 0.3) is 10.2 Å². The van der Waals surface area contributed by atoms with Crippen molar-refractivity contribution in [1.29, 1.82) is 0 Å². The largest absolute Gasteiger partial charge is 0.482 e. The Labute approximate surface area is 197 Å². The Hall–Kier alpha value is -2.68. The lowest BCUT2D eigenvalue weighted by Crippen LogP contribution is -2.52. The highest BCUT2D eigenvalue weighted by molar-refractivity contribution is 7.22. The van der Waals surface area contributed by atoms with Crippen molar-refractivity contribution >= 4 is 32.6 Å². The molecule has 0 radical (unpaired) electrons. The minimum atomic E-state index is -0.736. The first kappa shape index (κ1) is 22.1. The van der Waals surface area contributed by atoms with Crippen LogP contribution in [0.3, 0.4) is 0 Å². The molecule has 1 saturated heterocycles. The predicted molar refractivity (Wildman–Crippen MR) is 130 cm³/mol. The zero-order chi connectivity index (χ0) is 22.9. The lowest BCUT2D eigenvalue weighted by Gasteiger charge is -2.34. The van der Waals surface area contributed by atoms with Crippen LogP contribution in [0.2, 0.25) is 0 Å². The molecule has 2 atom stereocenters. The van der Waals surface area contributed by atoms with E-state index in [9.17, 15) is 4.79 Å². The summed E-state index contributed by atoms with van der Waals surface area (Å²) >= 11 is 1.55. The Morgan fingerprint density at radius 2 is 1.82 bits per heavy atom. The van der Waals surface area contributed by atoms with E-state index in [1.807, 2.05) is 31.2 Å². The molecule has 3 aromatic rings. The van der Waals surface area contributed by atoms with Crippen molar-refractivity contribution in [2.24, 2.45) is 0 Å². The van der Waals surface area contributed by atoms with Crippen LogP contribution in [0.1, 0.15) is 18.1 Å². The highest BCUT2D eigenvalue weighted by atomic mass is 32.1. The van der Waals surface area contributed by atoms with Gasteiger partial charge < -0.3 is 14.2 Å². The first-order valence-corrected chi connectivity index (χ1v) is 12.2. The summed E-state index contributed by atoms with van der Waals surface area (Å²) in [4.78, 5) is 22.8. The van der Waals surface area contributed by atoms with Crippen molar-refractivity contribution in [2.45, 2.75) is 33.0 Å². The zero-order valence-corrected chi connectivity index (χ0v) is 20.1. The number of thiazole rings is 1. The molecular formula is C25H29N3O4S. The Balaban J connectivity index is 1.45. The maximum Gasteiger partial charge on any atom is 0.273 e. The maximum atomic E-state index is 13.8. The molecule has 8 heteroatoms. The van der Waals surface area contributed by atoms with Crippen LogP contribution < -0.4 is 14.4 Å². The van der Waals surface area contributed by atoms with Gasteiger partial charge in [-0.05, 0) is 56.2 Å². The first-order chi connectivity index (χ1) is 16.0. The molecule has 2 aromatic carbocycles. The molecular weight excluding hydrogens is 438 g/mol. The van der Waals surface area contributed by atoms with Crippen molar-refractivity contribution in [2.75, 3.05) is 44.3 Å². The van der Waals surface area contributed by atoms with Crippen molar-refractivity contribution in [3.63, 3.8) is 0 Å². The third kappa shape index (κ3) is 4.55. The molecule has 2 unspecified atom stereocenters. The second-order valence-corrected chi connectivity index (χ2v) is 9.66. The van der Waals surface area contributed by atoms with Crippen LogP contribution in [-0.4, -0.2) is 67.4 Å². The Bertz CT molecular complexity index is 1120. The van der Waals surface area contributed by atoms with Crippen molar-refractivity contribution in [3.8, 4) is 11.5 Å². The average molecular weight is 468 g/mol. The molecule has 2 aliphatic rings. The number of aromatic nitrogens is 1. The molecule has 0 N–H and O–H groups in total. The third-order valence-corrected chi connectivity index (χ3v) is 7.36. The van der Waals surface area contributed by atoms with Gasteiger partial charge in [0.25, 0.3) is 5.91 Å². The summed E-state index contributed by atoms with van der Waals surface area (Å²) in [5.74, 6) is 1.13. The number of amides is 1. The summed E-state index contributed by atoms with van der Waals surface area (Å²) in [6.07, 6.45) is -1.14. The van der Waals surface area contributed by atoms with Crippen molar-refractivity contribution < 1.29 is 19.0 Å². The van der Waals surface area contributed by atoms with E-state index in [0.29, 0.717) is 23.2 Å². The maximum absolute atomic E-state index is 13.8. The second-order valence-electron chi connectivity index (χ2n) is 8.65. The quantitative estimate of drug-likeness (QED) is 0.569. The van der Waals surface area contributed by atoms with E-state index < -0.39 is 12.2 Å². The summed E-state index contributed by atoms with van der Waals surface area (Å²) in [6, 6.07) is 11.7. The van der Waals surface area contributed by atoms with Crippen LogP contribution in [0.4, 0.5) is 5.13 Å². The van der Waals surface area contributed by atoms with E-state index in [2.05, 4.69) is 30.9 Å². The molecule has 1 amide bonds. The number of hydrogen-bond acceptors (Lipinski definition) is 7. The molecule has 1 fully saturated rings. The number of fused-ring (bicyclic) bond motifs is 2. The van der Waals surface area contributed by atoms with E-state index in [4.69, 9.17) is 19.2 Å². The molecule has 1 aromatic heterocycles. The van der Waals surface area contributed by atoms with Gasteiger partial charge in [0.15, 0.2) is 16.6 Å². The standard InChI is InChI=1S/C25H29N3O4S/c1-16-14-19-22(15-17(16)2)33-25(26-19)28(9-8-27-10-12-30-13-11-27)24(29)23-18(3)31-20-6-4-5-7-21(20)32-23/h4-7,14-15,18,23H,8-13H2,1-3H3. The number of anilines is 1. The Morgan fingerprint density at radius 3 is 2.58 bits per heavy atom. The number of hydrogen-bond donors (Lipinski definition) is 0. The molecule has 3 heterocycles. The number of carbonyl (C=O) groups is 1. The van der Waals surface area contributed by atoms with E-state index in [1.54, 1.807) is 16.2 Å². The fourth-order valence-electron chi connectivity index (χ4n) is 4.19. The summed E-state index contributed by atoms with van der Waals surface area (Å²) < 4.78 is 18.7. The number of aryl methyl sites for hydroxylation is 2. The van der Waals surface area contributed by atoms with Crippen molar-refractivity contribution in [1.82, 2.24) is 9.88 Å². The average Bonchev–Trinajstić information content (AvgIpc) is 3.21. The minimum Gasteiger partial charge on any atom is -0.482 e. The number of nitrogens with zero attached hydrogens (tertiary/aromatic N) is 3. The van der Waals surface area contributed by atoms with Gasteiger partial charge in [-0.2, -0.15) is 0 Å². The van der Waals surface area contributed by atoms with E-state index in [-0.39, 0.29) is 5.91 Å². The first-order valence-electron chi connectivity index (χ1n) is 11.4. The highest BCUT2D eigenvalue weighted by Gasteiger charge is 2.38. The van der Waals surface area contributed by atoms with E-state index in [0.717, 1.165) is 43.1 Å². The Kier molecular flexibility index (Phi) is 6.23. The van der Waals surface area contributed by atoms with Gasteiger partial charge >= 0.3 is 0 Å². The molecule has 0 aliphatic carbocycles. The molecule has 7 nitrogen and oxygen atoms in total. The summed E-state index contributed by atoms with van der Waals surface area (Å²) in [6.45, 7) is 10.5. The molecule has 0 bridgehead atoms. The van der Waals surface area contributed by atoms with Gasteiger partial charge in [-0.1, -0.05) is 23.5 Å². The number of benzene rings is 2. The molecule has 33 heavy (non-hydrogen) atoms. The lowest BCUT2D eigenvalue weighted by atomic mass is 10.1. The van der Waals surface area contributed by atoms with Gasteiger partial charge in [-0.25, -0.2) is 4.98 Å². The highest BCUT2D eigenvalue weighted by Crippen LogP contribution is 2.36. The van der Waals surface area contributed by atoms with Crippen LogP contribution in [0.15, 0.2) is 36.4 Å². The number of rotatable bonds is 5. The molecule has 174 valence electrons. The van der Waals surface area contributed by atoms with Gasteiger partial charge in [0.1, 0.15) is 6.10 Å². The van der Waals surface area contributed by atoms with Gasteiger partial charge in [-0.3, -0.25) is 14.6 Å². The predicted octanol–water partition coefficient (Wildman–Crippen LogP) is 3.81. The van der Waals surface area contributed by atoms with Gasteiger partial charge in [-0.15, -0.1) is 0 Å². The smallest absolute Gasteiger partial charge is 0.273 e. The number of morpholine rings is 1. The fraction of sp³-hybridized carbons (Fsp3) is 0.440. The van der Waals surface area contributed by atoms with Gasteiger partial charge in [0.2, 0.25) is 6.10 Å². The topological polar surface area (TPSA) is 64.1 Å². The number of carbonyl (C=O) groups excluding carboxylic acids is 1. The normalized spacial score (nSPS) is 20.7. The summed E-state index contributed by atoms with van der Waals surface area (Å²) in [5.41, 5.74) is 3.33. The third-order valence-electron chi connectivity index (χ3n) is 6.32. The van der Waals surface area contributed by atoms with Gasteiger partial charge in [0.05, 0.1) is 23.4 Å². The Morgan fingerprint density at radius 1 is 1.12 bits per heavy atom. The van der Waals surface area contributed by atoms with Crippen molar-refractivity contribution in [3.05, 3.63) is 47.5 Å². The fourth-order valence-corrected chi connectivity index (χ4v) is 5.27. The summed E-state index contributed by atoms with van der Waals surface area (Å²) in [5, 5.41) is 0.697. The summed E-state index contributed by atoms with van der Waals surface area (Å²) in [7, 11) is 0.